The van der Waals surface area contributed by atoms with Gasteiger partial charge >= 0.3 is 5.97 Å². The highest BCUT2D eigenvalue weighted by Gasteiger charge is 2.26. The summed E-state index contributed by atoms with van der Waals surface area (Å²) in [5, 5.41) is 11.9. The molecule has 1 aromatic carbocycles. The second-order valence-corrected chi connectivity index (χ2v) is 5.50. The molecule has 0 spiro atoms. The fourth-order valence-corrected chi connectivity index (χ4v) is 2.70. The van der Waals surface area contributed by atoms with Gasteiger partial charge in [0.05, 0.1) is 19.6 Å². The first-order valence-corrected chi connectivity index (χ1v) is 7.44. The van der Waals surface area contributed by atoms with Crippen molar-refractivity contribution in [2.75, 3.05) is 26.7 Å². The molecule has 1 aliphatic heterocycles. The number of carboxylic acids is 1. The molecule has 2 rings (SSSR count). The van der Waals surface area contributed by atoms with E-state index in [0.29, 0.717) is 19.5 Å². The second-order valence-electron chi connectivity index (χ2n) is 5.50. The Balaban J connectivity index is 0.00000264. The van der Waals surface area contributed by atoms with E-state index in [4.69, 9.17) is 9.84 Å². The van der Waals surface area contributed by atoms with E-state index in [1.54, 1.807) is 7.11 Å². The Morgan fingerprint density at radius 3 is 2.83 bits per heavy atom. The molecular formula is C16H23ClN2O4. The first-order valence-electron chi connectivity index (χ1n) is 7.44. The average molecular weight is 343 g/mol. The molecule has 2 N–H and O–H groups in total. The number of para-hydroxylation sites is 1. The van der Waals surface area contributed by atoms with E-state index in [-0.39, 0.29) is 30.8 Å². The minimum Gasteiger partial charge on any atom is -0.496 e. The maximum absolute atomic E-state index is 12.0. The van der Waals surface area contributed by atoms with Crippen LogP contribution in [0.3, 0.4) is 0 Å². The van der Waals surface area contributed by atoms with Gasteiger partial charge in [0.2, 0.25) is 5.91 Å². The number of carbonyl (C=O) groups excluding carboxylic acids is 1. The number of hydrogen-bond donors (Lipinski definition) is 2. The molecule has 1 unspecified atom stereocenters. The van der Waals surface area contributed by atoms with Gasteiger partial charge in [-0.15, -0.1) is 12.4 Å². The van der Waals surface area contributed by atoms with Crippen LogP contribution in [0.4, 0.5) is 0 Å². The van der Waals surface area contributed by atoms with Crippen LogP contribution in [0.25, 0.3) is 0 Å². The molecule has 1 saturated heterocycles. The zero-order valence-electron chi connectivity index (χ0n) is 13.2. The molecule has 1 fully saturated rings. The fraction of sp³-hybridized carbons (Fsp3) is 0.500. The molecule has 0 bridgehead atoms. The zero-order valence-corrected chi connectivity index (χ0v) is 14.0. The highest BCUT2D eigenvalue weighted by atomic mass is 35.5. The molecule has 23 heavy (non-hydrogen) atoms. The van der Waals surface area contributed by atoms with Gasteiger partial charge in [-0.2, -0.15) is 0 Å². The smallest absolute Gasteiger partial charge is 0.307 e. The summed E-state index contributed by atoms with van der Waals surface area (Å²) in [5.74, 6) is -0.501. The number of nitrogens with zero attached hydrogens (tertiary/aromatic N) is 1. The van der Waals surface area contributed by atoms with E-state index in [2.05, 4.69) is 5.32 Å². The highest BCUT2D eigenvalue weighted by molar-refractivity contribution is 5.85. The number of ether oxygens (including phenoxy) is 1. The largest absolute Gasteiger partial charge is 0.496 e. The van der Waals surface area contributed by atoms with Crippen LogP contribution in [0.1, 0.15) is 18.4 Å². The number of carbonyl (C=O) groups is 2. The Bertz CT molecular complexity index is 539. The topological polar surface area (TPSA) is 78.9 Å². The van der Waals surface area contributed by atoms with Crippen LogP contribution in [-0.2, 0) is 16.1 Å². The summed E-state index contributed by atoms with van der Waals surface area (Å²) in [6.45, 7) is 1.85. The van der Waals surface area contributed by atoms with Crippen molar-refractivity contribution in [2.45, 2.75) is 19.4 Å². The average Bonchev–Trinajstić information content (AvgIpc) is 2.53. The van der Waals surface area contributed by atoms with Gasteiger partial charge in [0.1, 0.15) is 5.75 Å². The van der Waals surface area contributed by atoms with Crippen molar-refractivity contribution >= 4 is 24.3 Å². The molecular weight excluding hydrogens is 320 g/mol. The zero-order chi connectivity index (χ0) is 15.9. The highest BCUT2D eigenvalue weighted by Crippen LogP contribution is 2.17. The lowest BCUT2D eigenvalue weighted by Gasteiger charge is -2.29. The Morgan fingerprint density at radius 2 is 2.13 bits per heavy atom. The van der Waals surface area contributed by atoms with Crippen LogP contribution >= 0.6 is 12.4 Å². The van der Waals surface area contributed by atoms with Crippen molar-refractivity contribution in [1.82, 2.24) is 10.2 Å². The number of amides is 1. The summed E-state index contributed by atoms with van der Waals surface area (Å²) in [6, 6.07) is 7.53. The number of rotatable bonds is 6. The van der Waals surface area contributed by atoms with Crippen LogP contribution in [0, 0.1) is 5.92 Å². The monoisotopic (exact) mass is 342 g/mol. The molecule has 6 nitrogen and oxygen atoms in total. The van der Waals surface area contributed by atoms with Gasteiger partial charge < -0.3 is 15.2 Å². The van der Waals surface area contributed by atoms with Crippen molar-refractivity contribution in [3.05, 3.63) is 29.8 Å². The number of benzene rings is 1. The summed E-state index contributed by atoms with van der Waals surface area (Å²) in [7, 11) is 1.60. The van der Waals surface area contributed by atoms with Crippen molar-refractivity contribution in [3.8, 4) is 5.75 Å². The van der Waals surface area contributed by atoms with Crippen molar-refractivity contribution in [3.63, 3.8) is 0 Å². The number of nitrogens with one attached hydrogen (secondary N) is 1. The summed E-state index contributed by atoms with van der Waals surface area (Å²) in [6.07, 6.45) is 1.51. The van der Waals surface area contributed by atoms with Gasteiger partial charge in [-0.3, -0.25) is 14.5 Å². The van der Waals surface area contributed by atoms with Gasteiger partial charge in [-0.05, 0) is 25.5 Å². The van der Waals surface area contributed by atoms with Crippen LogP contribution < -0.4 is 10.1 Å². The van der Waals surface area contributed by atoms with Crippen LogP contribution in [0.2, 0.25) is 0 Å². The van der Waals surface area contributed by atoms with E-state index >= 15 is 0 Å². The molecule has 1 amide bonds. The minimum absolute atomic E-state index is 0. The van der Waals surface area contributed by atoms with E-state index in [1.807, 2.05) is 29.2 Å². The number of methoxy groups -OCH3 is 1. The SMILES string of the molecule is COc1ccccc1CNC(=O)CN1CCCC(C(=O)O)C1.Cl. The quantitative estimate of drug-likeness (QED) is 0.819. The van der Waals surface area contributed by atoms with Gasteiger partial charge in [0.15, 0.2) is 0 Å². The molecule has 0 aromatic heterocycles. The number of hydrogen-bond acceptors (Lipinski definition) is 4. The van der Waals surface area contributed by atoms with Gasteiger partial charge in [-0.25, -0.2) is 0 Å². The van der Waals surface area contributed by atoms with E-state index in [0.717, 1.165) is 24.3 Å². The summed E-state index contributed by atoms with van der Waals surface area (Å²) >= 11 is 0. The Labute approximate surface area is 142 Å². The van der Waals surface area contributed by atoms with Crippen LogP contribution in [0.5, 0.6) is 5.75 Å². The third-order valence-electron chi connectivity index (χ3n) is 3.89. The number of halogens is 1. The van der Waals surface area contributed by atoms with Crippen molar-refractivity contribution in [1.29, 1.82) is 0 Å². The Kier molecular flexibility index (Phi) is 7.85. The van der Waals surface area contributed by atoms with E-state index in [1.165, 1.54) is 0 Å². The predicted molar refractivity (Wildman–Crippen MR) is 88.9 cm³/mol. The molecule has 0 aliphatic carbocycles. The fourth-order valence-electron chi connectivity index (χ4n) is 2.70. The van der Waals surface area contributed by atoms with Gasteiger partial charge in [0, 0.05) is 18.7 Å². The van der Waals surface area contributed by atoms with E-state index in [9.17, 15) is 9.59 Å². The Morgan fingerprint density at radius 1 is 1.39 bits per heavy atom. The molecule has 0 radical (unpaired) electrons. The number of piperidine rings is 1. The lowest BCUT2D eigenvalue weighted by molar-refractivity contribution is -0.144. The van der Waals surface area contributed by atoms with Crippen molar-refractivity contribution < 1.29 is 19.4 Å². The third-order valence-corrected chi connectivity index (χ3v) is 3.89. The normalized spacial score (nSPS) is 17.9. The minimum atomic E-state index is -0.779. The lowest BCUT2D eigenvalue weighted by atomic mass is 9.98. The number of aliphatic carboxylic acids is 1. The summed E-state index contributed by atoms with van der Waals surface area (Å²) in [4.78, 5) is 24.9. The first-order chi connectivity index (χ1) is 10.6. The lowest BCUT2D eigenvalue weighted by Crippen LogP contribution is -2.44. The number of carboxylic acid groups (broad SMARTS) is 1. The third kappa shape index (κ3) is 5.73. The van der Waals surface area contributed by atoms with Gasteiger partial charge in [-0.1, -0.05) is 18.2 Å². The second kappa shape index (κ2) is 9.37. The van der Waals surface area contributed by atoms with Crippen LogP contribution in [0.15, 0.2) is 24.3 Å². The van der Waals surface area contributed by atoms with E-state index < -0.39 is 5.97 Å². The molecule has 7 heteroatoms. The summed E-state index contributed by atoms with van der Waals surface area (Å²) in [5.41, 5.74) is 0.917. The molecule has 1 aliphatic rings. The van der Waals surface area contributed by atoms with Gasteiger partial charge in [0.25, 0.3) is 0 Å². The predicted octanol–water partition coefficient (Wildman–Crippen LogP) is 1.53. The number of likely N-dealkylation sites (tertiary alicyclic amines) is 1. The molecule has 128 valence electrons. The molecule has 1 atom stereocenters. The summed E-state index contributed by atoms with van der Waals surface area (Å²) < 4.78 is 5.24. The van der Waals surface area contributed by atoms with Crippen molar-refractivity contribution in [2.24, 2.45) is 5.92 Å². The van der Waals surface area contributed by atoms with Crippen LogP contribution in [-0.4, -0.2) is 48.6 Å². The Hall–Kier alpha value is -1.79. The molecule has 0 saturated carbocycles. The molecule has 1 heterocycles. The maximum Gasteiger partial charge on any atom is 0.307 e. The first kappa shape index (κ1) is 19.3. The standard InChI is InChI=1S/C16H22N2O4.ClH/c1-22-14-7-3-2-5-12(14)9-17-15(19)11-18-8-4-6-13(10-18)16(20)21;/h2-3,5,7,13H,4,6,8-11H2,1H3,(H,17,19)(H,20,21);1H. The maximum atomic E-state index is 12.0. The molecule has 1 aromatic rings.